The van der Waals surface area contributed by atoms with Gasteiger partial charge in [0.15, 0.2) is 0 Å². The zero-order valence-corrected chi connectivity index (χ0v) is 9.63. The predicted octanol–water partition coefficient (Wildman–Crippen LogP) is 1.95. The molecule has 0 saturated heterocycles. The molecule has 14 heavy (non-hydrogen) atoms. The van der Waals surface area contributed by atoms with Crippen molar-refractivity contribution >= 4 is 0 Å². The molecular weight excluding hydrogens is 178 g/mol. The van der Waals surface area contributed by atoms with Crippen molar-refractivity contribution in [2.24, 2.45) is 5.73 Å². The molecule has 0 aromatic rings. The molecule has 0 spiro atoms. The Morgan fingerprint density at radius 2 is 1.79 bits per heavy atom. The van der Waals surface area contributed by atoms with E-state index in [2.05, 4.69) is 6.92 Å². The summed E-state index contributed by atoms with van der Waals surface area (Å²) in [6, 6.07) is 0.363. The van der Waals surface area contributed by atoms with Crippen molar-refractivity contribution < 1.29 is 9.47 Å². The van der Waals surface area contributed by atoms with Gasteiger partial charge in [0.1, 0.15) is 0 Å². The number of nitrogens with two attached hydrogens (primary N) is 1. The normalized spacial score (nSPS) is 13.1. The first-order chi connectivity index (χ1) is 6.81. The third kappa shape index (κ3) is 9.96. The summed E-state index contributed by atoms with van der Waals surface area (Å²) >= 11 is 0. The second-order valence-corrected chi connectivity index (χ2v) is 3.65. The highest BCUT2D eigenvalue weighted by Gasteiger charge is 1.99. The summed E-state index contributed by atoms with van der Waals surface area (Å²) < 4.78 is 10.3. The van der Waals surface area contributed by atoms with E-state index < -0.39 is 0 Å². The van der Waals surface area contributed by atoms with Crippen LogP contribution in [0.2, 0.25) is 0 Å². The van der Waals surface area contributed by atoms with E-state index in [0.29, 0.717) is 6.04 Å². The van der Waals surface area contributed by atoms with E-state index >= 15 is 0 Å². The van der Waals surface area contributed by atoms with E-state index in [1.54, 1.807) is 7.11 Å². The molecule has 0 rings (SSSR count). The van der Waals surface area contributed by atoms with Crippen molar-refractivity contribution in [3.63, 3.8) is 0 Å². The van der Waals surface area contributed by atoms with Crippen LogP contribution in [0.15, 0.2) is 0 Å². The molecule has 0 heterocycles. The lowest BCUT2D eigenvalue weighted by atomic mass is 10.1. The van der Waals surface area contributed by atoms with Crippen molar-refractivity contribution in [3.8, 4) is 0 Å². The smallest absolute Gasteiger partial charge is 0.0487 e. The molecule has 0 aromatic heterocycles. The summed E-state index contributed by atoms with van der Waals surface area (Å²) in [5.41, 5.74) is 5.87. The third-order valence-electron chi connectivity index (χ3n) is 2.16. The highest BCUT2D eigenvalue weighted by atomic mass is 16.5. The number of methoxy groups -OCH3 is 1. The van der Waals surface area contributed by atoms with Crippen LogP contribution in [0.25, 0.3) is 0 Å². The second-order valence-electron chi connectivity index (χ2n) is 3.65. The molecule has 0 saturated carbocycles. The number of hydrogen-bond donors (Lipinski definition) is 1. The average Bonchev–Trinajstić information content (AvgIpc) is 2.17. The van der Waals surface area contributed by atoms with Crippen LogP contribution in [0, 0.1) is 0 Å². The van der Waals surface area contributed by atoms with Crippen molar-refractivity contribution in [1.29, 1.82) is 0 Å². The van der Waals surface area contributed by atoms with Crippen molar-refractivity contribution in [2.45, 2.75) is 45.1 Å². The molecule has 0 aliphatic heterocycles. The molecule has 86 valence electrons. The minimum absolute atomic E-state index is 0.363. The molecule has 0 bridgehead atoms. The fourth-order valence-electron chi connectivity index (χ4n) is 1.37. The zero-order chi connectivity index (χ0) is 10.6. The first kappa shape index (κ1) is 13.9. The molecule has 0 aromatic carbocycles. The standard InChI is InChI=1S/C11H25NO2/c1-3-6-11(12)7-4-9-14-10-5-8-13-2/h11H,3-10,12H2,1-2H3. The quantitative estimate of drug-likeness (QED) is 0.552. The molecule has 1 atom stereocenters. The van der Waals surface area contributed by atoms with Gasteiger partial charge in [-0.25, -0.2) is 0 Å². The Hall–Kier alpha value is -0.120. The molecule has 0 fully saturated rings. The number of ether oxygens (including phenoxy) is 2. The fourth-order valence-corrected chi connectivity index (χ4v) is 1.37. The first-order valence-corrected chi connectivity index (χ1v) is 5.63. The van der Waals surface area contributed by atoms with Gasteiger partial charge in [-0.3, -0.25) is 0 Å². The third-order valence-corrected chi connectivity index (χ3v) is 2.16. The zero-order valence-electron chi connectivity index (χ0n) is 9.63. The largest absolute Gasteiger partial charge is 0.385 e. The van der Waals surface area contributed by atoms with Crippen LogP contribution < -0.4 is 5.73 Å². The van der Waals surface area contributed by atoms with Crippen LogP contribution in [0.1, 0.15) is 39.0 Å². The van der Waals surface area contributed by atoms with Gasteiger partial charge in [-0.05, 0) is 25.7 Å². The van der Waals surface area contributed by atoms with Gasteiger partial charge in [0.2, 0.25) is 0 Å². The molecule has 0 aliphatic carbocycles. The lowest BCUT2D eigenvalue weighted by molar-refractivity contribution is 0.0994. The van der Waals surface area contributed by atoms with E-state index in [1.165, 1.54) is 6.42 Å². The van der Waals surface area contributed by atoms with Crippen molar-refractivity contribution in [3.05, 3.63) is 0 Å². The van der Waals surface area contributed by atoms with Gasteiger partial charge in [0.05, 0.1) is 0 Å². The van der Waals surface area contributed by atoms with Crippen LogP contribution in [0.4, 0.5) is 0 Å². The summed E-state index contributed by atoms with van der Waals surface area (Å²) in [7, 11) is 1.71. The van der Waals surface area contributed by atoms with Gasteiger partial charge in [0.25, 0.3) is 0 Å². The average molecular weight is 203 g/mol. The van der Waals surface area contributed by atoms with Crippen molar-refractivity contribution in [2.75, 3.05) is 26.9 Å². The van der Waals surface area contributed by atoms with Crippen LogP contribution in [0.3, 0.4) is 0 Å². The SMILES string of the molecule is CCCC(N)CCCOCCCOC. The topological polar surface area (TPSA) is 44.5 Å². The van der Waals surface area contributed by atoms with E-state index in [4.69, 9.17) is 15.2 Å². The molecule has 0 amide bonds. The van der Waals surface area contributed by atoms with Gasteiger partial charge in [0, 0.05) is 33.0 Å². The Labute approximate surface area is 88.0 Å². The summed E-state index contributed by atoms with van der Waals surface area (Å²) in [6.07, 6.45) is 5.45. The maximum Gasteiger partial charge on any atom is 0.0487 e. The molecule has 0 radical (unpaired) electrons. The fraction of sp³-hybridized carbons (Fsp3) is 1.00. The number of rotatable bonds is 10. The van der Waals surface area contributed by atoms with Crippen LogP contribution >= 0.6 is 0 Å². The van der Waals surface area contributed by atoms with Gasteiger partial charge in [-0.1, -0.05) is 13.3 Å². The van der Waals surface area contributed by atoms with E-state index in [0.717, 1.165) is 45.5 Å². The Kier molecular flexibility index (Phi) is 10.9. The Balaban J connectivity index is 2.98. The van der Waals surface area contributed by atoms with Gasteiger partial charge in [-0.15, -0.1) is 0 Å². The maximum atomic E-state index is 5.87. The molecule has 3 heteroatoms. The molecule has 0 aliphatic rings. The van der Waals surface area contributed by atoms with Gasteiger partial charge in [-0.2, -0.15) is 0 Å². The number of hydrogen-bond acceptors (Lipinski definition) is 3. The molecule has 3 nitrogen and oxygen atoms in total. The van der Waals surface area contributed by atoms with Crippen LogP contribution in [-0.2, 0) is 9.47 Å². The molecular formula is C11H25NO2. The Bertz CT molecular complexity index is 109. The minimum atomic E-state index is 0.363. The van der Waals surface area contributed by atoms with E-state index in [-0.39, 0.29) is 0 Å². The van der Waals surface area contributed by atoms with E-state index in [1.807, 2.05) is 0 Å². The Morgan fingerprint density at radius 1 is 1.07 bits per heavy atom. The van der Waals surface area contributed by atoms with E-state index in [9.17, 15) is 0 Å². The van der Waals surface area contributed by atoms with Crippen LogP contribution in [0.5, 0.6) is 0 Å². The monoisotopic (exact) mass is 203 g/mol. The van der Waals surface area contributed by atoms with Crippen LogP contribution in [-0.4, -0.2) is 33.0 Å². The summed E-state index contributed by atoms with van der Waals surface area (Å²) in [5.74, 6) is 0. The molecule has 1 unspecified atom stereocenters. The lowest BCUT2D eigenvalue weighted by Gasteiger charge is -2.09. The lowest BCUT2D eigenvalue weighted by Crippen LogP contribution is -2.19. The Morgan fingerprint density at radius 3 is 2.43 bits per heavy atom. The first-order valence-electron chi connectivity index (χ1n) is 5.63. The highest BCUT2D eigenvalue weighted by Crippen LogP contribution is 2.01. The summed E-state index contributed by atoms with van der Waals surface area (Å²) in [5, 5.41) is 0. The maximum absolute atomic E-state index is 5.87. The molecule has 2 N–H and O–H groups in total. The predicted molar refractivity (Wildman–Crippen MR) is 59.4 cm³/mol. The highest BCUT2D eigenvalue weighted by molar-refractivity contribution is 4.59. The summed E-state index contributed by atoms with van der Waals surface area (Å²) in [4.78, 5) is 0. The summed E-state index contributed by atoms with van der Waals surface area (Å²) in [6.45, 7) is 4.59. The van der Waals surface area contributed by atoms with Gasteiger partial charge < -0.3 is 15.2 Å². The minimum Gasteiger partial charge on any atom is -0.385 e. The van der Waals surface area contributed by atoms with Gasteiger partial charge >= 0.3 is 0 Å². The van der Waals surface area contributed by atoms with Crippen molar-refractivity contribution in [1.82, 2.24) is 0 Å². The second kappa shape index (κ2) is 11.0.